The van der Waals surface area contributed by atoms with Gasteiger partial charge in [-0.1, -0.05) is 166 Å². The standard InChI is InChI=1S/C71H57N3/c1-50-46-67-68-47-51(2)66(49-70(68)71(3,4)69(67)48-65(50)54-34-42-63(43-35-54)73(58-24-14-7-15-25-58)59-26-16-8-17-27-59)55-36-44-64(45-37-55)74(60-28-18-9-19-29-60)62-40-32-53(33-41-62)52-30-38-61(39-31-52)72(56-20-10-5-11-21-56)57-22-12-6-13-23-57/h5-49H,1-4H3. The molecular weight excluding hydrogens is 895 g/mol. The zero-order valence-corrected chi connectivity index (χ0v) is 42.3. The van der Waals surface area contributed by atoms with Gasteiger partial charge in [-0.05, 0) is 202 Å². The molecule has 0 aromatic heterocycles. The third-order valence-electron chi connectivity index (χ3n) is 14.9. The largest absolute Gasteiger partial charge is 0.311 e. The van der Waals surface area contributed by atoms with Crippen molar-refractivity contribution in [1.29, 1.82) is 0 Å². The second kappa shape index (κ2) is 19.4. The molecule has 0 amide bonds. The van der Waals surface area contributed by atoms with Crippen LogP contribution in [0.15, 0.2) is 273 Å². The van der Waals surface area contributed by atoms with Crippen molar-refractivity contribution in [3.05, 3.63) is 295 Å². The van der Waals surface area contributed by atoms with Crippen LogP contribution in [0.3, 0.4) is 0 Å². The van der Waals surface area contributed by atoms with Gasteiger partial charge < -0.3 is 14.7 Å². The van der Waals surface area contributed by atoms with E-state index < -0.39 is 0 Å². The van der Waals surface area contributed by atoms with Crippen LogP contribution in [0.2, 0.25) is 0 Å². The minimum atomic E-state index is -0.185. The molecule has 0 radical (unpaired) electrons. The highest BCUT2D eigenvalue weighted by Gasteiger charge is 2.37. The maximum atomic E-state index is 2.46. The molecule has 356 valence electrons. The predicted octanol–water partition coefficient (Wildman–Crippen LogP) is 20.0. The van der Waals surface area contributed by atoms with Crippen molar-refractivity contribution in [3.63, 3.8) is 0 Å². The summed E-state index contributed by atoms with van der Waals surface area (Å²) in [6, 6.07) is 98.8. The second-order valence-corrected chi connectivity index (χ2v) is 19.9. The van der Waals surface area contributed by atoms with Crippen LogP contribution in [0.5, 0.6) is 0 Å². The van der Waals surface area contributed by atoms with Crippen molar-refractivity contribution < 1.29 is 0 Å². The molecule has 0 atom stereocenters. The molecule has 0 aliphatic heterocycles. The first-order valence-corrected chi connectivity index (χ1v) is 25.7. The number of benzene rings is 11. The van der Waals surface area contributed by atoms with Gasteiger partial charge in [0.2, 0.25) is 0 Å². The molecular formula is C71H57N3. The quantitative estimate of drug-likeness (QED) is 0.121. The van der Waals surface area contributed by atoms with E-state index in [9.17, 15) is 0 Å². The first-order valence-electron chi connectivity index (χ1n) is 25.7. The molecule has 0 saturated heterocycles. The van der Waals surface area contributed by atoms with Crippen LogP contribution >= 0.6 is 0 Å². The molecule has 0 spiro atoms. The first-order chi connectivity index (χ1) is 36.3. The molecule has 0 N–H and O–H groups in total. The summed E-state index contributed by atoms with van der Waals surface area (Å²) in [7, 11) is 0. The van der Waals surface area contributed by atoms with Crippen LogP contribution in [0.25, 0.3) is 44.5 Å². The first kappa shape index (κ1) is 45.9. The highest BCUT2D eigenvalue weighted by atomic mass is 15.2. The lowest BCUT2D eigenvalue weighted by atomic mass is 9.80. The summed E-state index contributed by atoms with van der Waals surface area (Å²) in [4.78, 5) is 6.96. The summed E-state index contributed by atoms with van der Waals surface area (Å²) in [5.74, 6) is 0. The molecule has 3 heteroatoms. The highest BCUT2D eigenvalue weighted by molar-refractivity contribution is 5.89. The number of hydrogen-bond donors (Lipinski definition) is 0. The smallest absolute Gasteiger partial charge is 0.0462 e. The van der Waals surface area contributed by atoms with Crippen molar-refractivity contribution in [1.82, 2.24) is 0 Å². The fourth-order valence-electron chi connectivity index (χ4n) is 11.1. The van der Waals surface area contributed by atoms with Gasteiger partial charge in [0.05, 0.1) is 0 Å². The normalized spacial score (nSPS) is 12.2. The van der Waals surface area contributed by atoms with Crippen molar-refractivity contribution in [3.8, 4) is 44.5 Å². The van der Waals surface area contributed by atoms with Crippen molar-refractivity contribution in [2.75, 3.05) is 14.7 Å². The van der Waals surface area contributed by atoms with Gasteiger partial charge in [-0.15, -0.1) is 0 Å². The third-order valence-corrected chi connectivity index (χ3v) is 14.9. The topological polar surface area (TPSA) is 9.72 Å². The molecule has 3 nitrogen and oxygen atoms in total. The van der Waals surface area contributed by atoms with Crippen LogP contribution in [0, 0.1) is 13.8 Å². The van der Waals surface area contributed by atoms with Crippen LogP contribution < -0.4 is 14.7 Å². The number of anilines is 9. The summed E-state index contributed by atoms with van der Waals surface area (Å²) in [6.07, 6.45) is 0. The fourth-order valence-corrected chi connectivity index (χ4v) is 11.1. The molecule has 0 heterocycles. The van der Waals surface area contributed by atoms with E-state index in [0.29, 0.717) is 0 Å². The molecule has 0 fully saturated rings. The Morgan fingerprint density at radius 1 is 0.230 bits per heavy atom. The van der Waals surface area contributed by atoms with Gasteiger partial charge in [0, 0.05) is 56.6 Å². The fraction of sp³-hybridized carbons (Fsp3) is 0.0704. The van der Waals surface area contributed by atoms with E-state index in [-0.39, 0.29) is 5.41 Å². The molecule has 12 rings (SSSR count). The highest BCUT2D eigenvalue weighted by Crippen LogP contribution is 2.52. The number of aryl methyl sites for hydroxylation is 2. The number of fused-ring (bicyclic) bond motifs is 3. The van der Waals surface area contributed by atoms with Gasteiger partial charge in [-0.25, -0.2) is 0 Å². The van der Waals surface area contributed by atoms with Crippen molar-refractivity contribution >= 4 is 51.2 Å². The Kier molecular flexibility index (Phi) is 12.1. The van der Waals surface area contributed by atoms with Crippen molar-refractivity contribution in [2.45, 2.75) is 33.1 Å². The Labute approximate surface area is 436 Å². The lowest BCUT2D eigenvalue weighted by Gasteiger charge is -2.26. The molecule has 0 saturated carbocycles. The molecule has 74 heavy (non-hydrogen) atoms. The Balaban J connectivity index is 0.811. The monoisotopic (exact) mass is 951 g/mol. The molecule has 11 aromatic rings. The van der Waals surface area contributed by atoms with Crippen LogP contribution in [0.1, 0.15) is 36.1 Å². The number of rotatable bonds is 12. The summed E-state index contributed by atoms with van der Waals surface area (Å²) in [6.45, 7) is 9.31. The van der Waals surface area contributed by atoms with E-state index in [2.05, 4.69) is 315 Å². The Morgan fingerprint density at radius 3 is 0.689 bits per heavy atom. The van der Waals surface area contributed by atoms with E-state index in [1.807, 2.05) is 0 Å². The van der Waals surface area contributed by atoms with Gasteiger partial charge in [-0.2, -0.15) is 0 Å². The molecule has 1 aliphatic carbocycles. The van der Waals surface area contributed by atoms with E-state index in [4.69, 9.17) is 0 Å². The van der Waals surface area contributed by atoms with Gasteiger partial charge >= 0.3 is 0 Å². The van der Waals surface area contributed by atoms with Crippen LogP contribution in [-0.4, -0.2) is 0 Å². The average Bonchev–Trinajstić information content (AvgIpc) is 3.68. The van der Waals surface area contributed by atoms with E-state index >= 15 is 0 Å². The number of para-hydroxylation sites is 5. The van der Waals surface area contributed by atoms with E-state index in [1.54, 1.807) is 0 Å². The Hall–Kier alpha value is -9.18. The zero-order chi connectivity index (χ0) is 50.2. The summed E-state index contributed by atoms with van der Waals surface area (Å²) in [5.41, 5.74) is 25.2. The molecule has 0 bridgehead atoms. The zero-order valence-electron chi connectivity index (χ0n) is 42.3. The molecule has 0 unspecified atom stereocenters. The Morgan fingerprint density at radius 2 is 0.446 bits per heavy atom. The summed E-state index contributed by atoms with van der Waals surface area (Å²) in [5, 5.41) is 0. The van der Waals surface area contributed by atoms with Gasteiger partial charge in [0.1, 0.15) is 0 Å². The summed E-state index contributed by atoms with van der Waals surface area (Å²) < 4.78 is 0. The lowest BCUT2D eigenvalue weighted by molar-refractivity contribution is 0.660. The minimum absolute atomic E-state index is 0.185. The summed E-state index contributed by atoms with van der Waals surface area (Å²) >= 11 is 0. The predicted molar refractivity (Wildman–Crippen MR) is 314 cm³/mol. The minimum Gasteiger partial charge on any atom is -0.311 e. The van der Waals surface area contributed by atoms with Gasteiger partial charge in [-0.3, -0.25) is 0 Å². The number of hydrogen-bond acceptors (Lipinski definition) is 3. The maximum absolute atomic E-state index is 2.46. The SMILES string of the molecule is Cc1cc2c(cc1-c1ccc(N(c3ccccc3)c3ccccc3)cc1)C(C)(C)c1cc(-c3ccc(N(c4ccccc4)c4ccc(-c5ccc(N(c6ccccc6)c6ccccc6)cc5)cc4)cc3)c(C)cc1-2. The van der Waals surface area contributed by atoms with Crippen LogP contribution in [-0.2, 0) is 5.41 Å². The third kappa shape index (κ3) is 8.63. The van der Waals surface area contributed by atoms with E-state index in [0.717, 1.165) is 51.2 Å². The van der Waals surface area contributed by atoms with Crippen molar-refractivity contribution in [2.24, 2.45) is 0 Å². The van der Waals surface area contributed by atoms with Gasteiger partial charge in [0.15, 0.2) is 0 Å². The number of nitrogens with zero attached hydrogens (tertiary/aromatic N) is 3. The Bertz CT molecular complexity index is 3630. The lowest BCUT2D eigenvalue weighted by Crippen LogP contribution is -2.15. The second-order valence-electron chi connectivity index (χ2n) is 19.9. The van der Waals surface area contributed by atoms with Crippen LogP contribution in [0.4, 0.5) is 51.2 Å². The van der Waals surface area contributed by atoms with Gasteiger partial charge in [0.25, 0.3) is 0 Å². The average molecular weight is 952 g/mol. The van der Waals surface area contributed by atoms with E-state index in [1.165, 1.54) is 66.8 Å². The maximum Gasteiger partial charge on any atom is 0.0462 e. The molecule has 1 aliphatic rings. The molecule has 11 aromatic carbocycles.